The summed E-state index contributed by atoms with van der Waals surface area (Å²) in [5, 5.41) is 13.4. The fourth-order valence-electron chi connectivity index (χ4n) is 5.88. The number of benzene rings is 3. The molecule has 0 radical (unpaired) electrons. The molecule has 0 saturated carbocycles. The van der Waals surface area contributed by atoms with Gasteiger partial charge in [-0.25, -0.2) is 0 Å². The molecule has 1 amide bonds. The van der Waals surface area contributed by atoms with Gasteiger partial charge in [-0.05, 0) is 61.7 Å². The van der Waals surface area contributed by atoms with Crippen LogP contribution in [0.25, 0.3) is 11.0 Å². The van der Waals surface area contributed by atoms with E-state index in [0.717, 1.165) is 80.7 Å². The summed E-state index contributed by atoms with van der Waals surface area (Å²) in [6, 6.07) is 26.5. The molecule has 0 aliphatic carbocycles. The number of carbonyl (C=O) groups excluding carboxylic acids is 1. The molecule has 41 heavy (non-hydrogen) atoms. The zero-order valence-corrected chi connectivity index (χ0v) is 23.5. The maximum absolute atomic E-state index is 13.0. The number of likely N-dealkylation sites (tertiary alicyclic amines) is 1. The van der Waals surface area contributed by atoms with E-state index in [1.165, 1.54) is 11.3 Å². The highest BCUT2D eigenvalue weighted by Gasteiger charge is 2.24. The topological polar surface area (TPSA) is 81.7 Å². The second-order valence-electron chi connectivity index (χ2n) is 11.2. The van der Waals surface area contributed by atoms with Gasteiger partial charge in [0.15, 0.2) is 5.76 Å². The number of nitrogens with one attached hydrogen (secondary N) is 1. The molecule has 6 rings (SSSR count). The summed E-state index contributed by atoms with van der Waals surface area (Å²) in [5.41, 5.74) is 4.98. The molecule has 2 saturated heterocycles. The summed E-state index contributed by atoms with van der Waals surface area (Å²) in [5.74, 6) is 0.923. The Morgan fingerprint density at radius 3 is 2.49 bits per heavy atom. The quantitative estimate of drug-likeness (QED) is 0.303. The monoisotopic (exact) mass is 548 g/mol. The van der Waals surface area contributed by atoms with Gasteiger partial charge in [-0.15, -0.1) is 0 Å². The second kappa shape index (κ2) is 12.1. The van der Waals surface area contributed by atoms with Crippen molar-refractivity contribution >= 4 is 22.6 Å². The summed E-state index contributed by atoms with van der Waals surface area (Å²) < 4.78 is 12.3. The number of fused-ring (bicyclic) bond motifs is 1. The van der Waals surface area contributed by atoms with E-state index in [9.17, 15) is 10.1 Å². The van der Waals surface area contributed by atoms with Gasteiger partial charge in [-0.1, -0.05) is 35.9 Å². The maximum atomic E-state index is 13.0. The van der Waals surface area contributed by atoms with Crippen molar-refractivity contribution in [1.82, 2.24) is 10.2 Å². The molecule has 2 fully saturated rings. The normalized spacial score (nSPS) is 16.9. The number of amides is 1. The first-order valence-corrected chi connectivity index (χ1v) is 14.6. The van der Waals surface area contributed by atoms with Gasteiger partial charge in [0.25, 0.3) is 5.91 Å². The molecule has 1 aromatic heterocycles. The summed E-state index contributed by atoms with van der Waals surface area (Å²) in [6.07, 6.45) is 3.80. The van der Waals surface area contributed by atoms with Crippen LogP contribution in [0.4, 0.5) is 5.69 Å². The Balaban J connectivity index is 0.998. The summed E-state index contributed by atoms with van der Waals surface area (Å²) in [4.78, 5) is 17.8. The van der Waals surface area contributed by atoms with Gasteiger partial charge in [0, 0.05) is 68.7 Å². The zero-order valence-electron chi connectivity index (χ0n) is 23.5. The van der Waals surface area contributed by atoms with Gasteiger partial charge in [-0.3, -0.25) is 9.69 Å². The molecule has 2 aliphatic heterocycles. The van der Waals surface area contributed by atoms with Gasteiger partial charge in [0.05, 0.1) is 11.6 Å². The first-order valence-electron chi connectivity index (χ1n) is 14.6. The Kier molecular flexibility index (Phi) is 7.93. The van der Waals surface area contributed by atoms with Gasteiger partial charge < -0.3 is 19.4 Å². The van der Waals surface area contributed by atoms with Crippen LogP contribution in [0.1, 0.15) is 52.9 Å². The van der Waals surface area contributed by atoms with E-state index < -0.39 is 0 Å². The lowest BCUT2D eigenvalue weighted by Crippen LogP contribution is -2.44. The maximum Gasteiger partial charge on any atom is 0.287 e. The van der Waals surface area contributed by atoms with E-state index in [2.05, 4.69) is 52.4 Å². The number of aryl methyl sites for hydroxylation is 1. The summed E-state index contributed by atoms with van der Waals surface area (Å²) in [7, 11) is 0. The number of nitriles is 1. The van der Waals surface area contributed by atoms with E-state index in [1.807, 2.05) is 48.5 Å². The first kappa shape index (κ1) is 26.9. The van der Waals surface area contributed by atoms with E-state index in [1.54, 1.807) is 0 Å². The van der Waals surface area contributed by atoms with Crippen molar-refractivity contribution in [2.45, 2.75) is 51.3 Å². The molecule has 0 bridgehead atoms. The highest BCUT2D eigenvalue weighted by Crippen LogP contribution is 2.28. The third-order valence-corrected chi connectivity index (χ3v) is 8.31. The van der Waals surface area contributed by atoms with Gasteiger partial charge in [0.1, 0.15) is 17.4 Å². The number of nitrogens with zero attached hydrogens (tertiary/aromatic N) is 3. The number of piperidine rings is 2. The Morgan fingerprint density at radius 2 is 1.73 bits per heavy atom. The minimum atomic E-state index is -0.180. The summed E-state index contributed by atoms with van der Waals surface area (Å²) in [6.45, 7) is 6.54. The van der Waals surface area contributed by atoms with Crippen LogP contribution in [0.15, 0.2) is 77.2 Å². The molecule has 210 valence electrons. The third kappa shape index (κ3) is 6.39. The zero-order chi connectivity index (χ0) is 28.2. The van der Waals surface area contributed by atoms with E-state index in [-0.39, 0.29) is 18.1 Å². The van der Waals surface area contributed by atoms with Crippen molar-refractivity contribution < 1.29 is 13.9 Å². The first-order chi connectivity index (χ1) is 20.0. The minimum absolute atomic E-state index is 0.0999. The van der Waals surface area contributed by atoms with Crippen LogP contribution >= 0.6 is 0 Å². The van der Waals surface area contributed by atoms with Crippen molar-refractivity contribution in [2.75, 3.05) is 31.1 Å². The largest absolute Gasteiger partial charge is 0.490 e. The van der Waals surface area contributed by atoms with Gasteiger partial charge in [0.2, 0.25) is 0 Å². The van der Waals surface area contributed by atoms with E-state index in [0.29, 0.717) is 11.3 Å². The third-order valence-electron chi connectivity index (χ3n) is 8.31. The fourth-order valence-corrected chi connectivity index (χ4v) is 5.88. The van der Waals surface area contributed by atoms with Crippen LogP contribution < -0.4 is 15.0 Å². The molecule has 0 atom stereocenters. The molecule has 3 aromatic carbocycles. The van der Waals surface area contributed by atoms with Crippen molar-refractivity contribution in [2.24, 2.45) is 0 Å². The number of hydrogen-bond donors (Lipinski definition) is 1. The molecule has 0 unspecified atom stereocenters. The predicted molar refractivity (Wildman–Crippen MR) is 160 cm³/mol. The molecule has 0 spiro atoms. The SMILES string of the molecule is Cc1ccc(N2CCC(Oc3ccc4cc(C(=O)NC5CCN(Cc6ccccc6C#N)CC5)oc4c3)CC2)cc1. The molecule has 3 heterocycles. The number of furan rings is 1. The molecular weight excluding hydrogens is 512 g/mol. The van der Waals surface area contributed by atoms with Crippen LogP contribution in [0.3, 0.4) is 0 Å². The minimum Gasteiger partial charge on any atom is -0.490 e. The van der Waals surface area contributed by atoms with Crippen LogP contribution in [-0.2, 0) is 6.54 Å². The number of carbonyl (C=O) groups is 1. The van der Waals surface area contributed by atoms with Crippen molar-refractivity contribution in [3.63, 3.8) is 0 Å². The lowest BCUT2D eigenvalue weighted by molar-refractivity contribution is 0.0883. The summed E-state index contributed by atoms with van der Waals surface area (Å²) >= 11 is 0. The highest BCUT2D eigenvalue weighted by atomic mass is 16.5. The van der Waals surface area contributed by atoms with Crippen molar-refractivity contribution in [3.05, 3.63) is 95.2 Å². The van der Waals surface area contributed by atoms with Crippen LogP contribution in [-0.4, -0.2) is 49.1 Å². The number of rotatable bonds is 7. The lowest BCUT2D eigenvalue weighted by Gasteiger charge is -2.33. The fraction of sp³-hybridized carbons (Fsp3) is 0.353. The van der Waals surface area contributed by atoms with Crippen molar-refractivity contribution in [3.8, 4) is 11.8 Å². The van der Waals surface area contributed by atoms with Crippen LogP contribution in [0, 0.1) is 18.3 Å². The number of ether oxygens (including phenoxy) is 1. The predicted octanol–water partition coefficient (Wildman–Crippen LogP) is 6.06. The number of hydrogen-bond acceptors (Lipinski definition) is 6. The highest BCUT2D eigenvalue weighted by molar-refractivity contribution is 5.96. The van der Waals surface area contributed by atoms with E-state index in [4.69, 9.17) is 9.15 Å². The smallest absolute Gasteiger partial charge is 0.287 e. The Labute approximate surface area is 241 Å². The number of anilines is 1. The molecule has 7 nitrogen and oxygen atoms in total. The molecule has 4 aromatic rings. The molecule has 7 heteroatoms. The van der Waals surface area contributed by atoms with E-state index >= 15 is 0 Å². The average Bonchev–Trinajstić information content (AvgIpc) is 3.43. The molecule has 2 aliphatic rings. The van der Waals surface area contributed by atoms with Crippen LogP contribution in [0.2, 0.25) is 0 Å². The average molecular weight is 549 g/mol. The second-order valence-corrected chi connectivity index (χ2v) is 11.2. The van der Waals surface area contributed by atoms with Gasteiger partial charge >= 0.3 is 0 Å². The Hall–Kier alpha value is -4.28. The molecule has 1 N–H and O–H groups in total. The Bertz CT molecular complexity index is 1540. The van der Waals surface area contributed by atoms with Crippen LogP contribution in [0.5, 0.6) is 5.75 Å². The van der Waals surface area contributed by atoms with Crippen molar-refractivity contribution in [1.29, 1.82) is 5.26 Å². The lowest BCUT2D eigenvalue weighted by atomic mass is 10.0. The molecular formula is C34H36N4O3. The Morgan fingerprint density at radius 1 is 0.976 bits per heavy atom. The van der Waals surface area contributed by atoms with Gasteiger partial charge in [-0.2, -0.15) is 5.26 Å². The standard InChI is InChI=1S/C34H36N4O3/c1-24-6-9-29(10-7-24)38-18-14-30(15-19-38)40-31-11-8-25-20-33(41-32(25)21-31)34(39)36-28-12-16-37(17-13-28)23-27-5-3-2-4-26(27)22-35/h2-11,20-21,28,30H,12-19,23H2,1H3,(H,36,39).